The molecule has 3 heterocycles. The zero-order valence-corrected chi connectivity index (χ0v) is 15.2. The lowest BCUT2D eigenvalue weighted by molar-refractivity contribution is -0.133. The molecule has 1 aliphatic heterocycles. The molecule has 0 unspecified atom stereocenters. The van der Waals surface area contributed by atoms with Gasteiger partial charge < -0.3 is 14.5 Å². The summed E-state index contributed by atoms with van der Waals surface area (Å²) in [5.74, 6) is 0.541. The van der Waals surface area contributed by atoms with E-state index in [0.717, 1.165) is 43.5 Å². The van der Waals surface area contributed by atoms with Crippen molar-refractivity contribution in [3.63, 3.8) is 0 Å². The van der Waals surface area contributed by atoms with Crippen LogP contribution in [0.15, 0.2) is 47.8 Å². The molecule has 1 amide bonds. The van der Waals surface area contributed by atoms with Crippen LogP contribution in [-0.2, 0) is 17.8 Å². The third-order valence-corrected chi connectivity index (χ3v) is 5.15. The van der Waals surface area contributed by atoms with E-state index >= 15 is 0 Å². The third kappa shape index (κ3) is 4.07. The first-order valence-corrected chi connectivity index (χ1v) is 9.40. The highest BCUT2D eigenvalue weighted by atomic mass is 16.2. The van der Waals surface area contributed by atoms with Crippen molar-refractivity contribution in [2.45, 2.75) is 32.2 Å². The van der Waals surface area contributed by atoms with Gasteiger partial charge in [0.15, 0.2) is 0 Å². The monoisotopic (exact) mass is 365 g/mol. The largest absolute Gasteiger partial charge is 0.342 e. The molecule has 7 heteroatoms. The van der Waals surface area contributed by atoms with Crippen molar-refractivity contribution in [3.05, 3.63) is 59.0 Å². The molecule has 1 fully saturated rings. The van der Waals surface area contributed by atoms with Gasteiger partial charge in [-0.05, 0) is 30.9 Å². The average Bonchev–Trinajstić information content (AvgIpc) is 3.19. The fourth-order valence-corrected chi connectivity index (χ4v) is 3.75. The van der Waals surface area contributed by atoms with E-state index < -0.39 is 0 Å². The van der Waals surface area contributed by atoms with Crippen molar-refractivity contribution in [3.8, 4) is 0 Å². The fraction of sp³-hybridized carbons (Fsp3) is 0.400. The predicted octanol–water partition coefficient (Wildman–Crippen LogP) is 1.99. The summed E-state index contributed by atoms with van der Waals surface area (Å²) in [7, 11) is 0. The van der Waals surface area contributed by atoms with E-state index in [1.165, 1.54) is 0 Å². The number of nitrogens with zero attached hydrogens (tertiary/aromatic N) is 4. The van der Waals surface area contributed by atoms with E-state index in [0.29, 0.717) is 24.5 Å². The van der Waals surface area contributed by atoms with Gasteiger partial charge in [-0.15, -0.1) is 0 Å². The maximum atomic E-state index is 12.7. The molecular weight excluding hydrogens is 342 g/mol. The number of imidazole rings is 1. The number of hydrogen-bond donors (Lipinski definition) is 1. The fourth-order valence-electron chi connectivity index (χ4n) is 3.75. The Balaban J connectivity index is 1.37. The highest BCUT2D eigenvalue weighted by molar-refractivity contribution is 5.77. The molecule has 1 saturated heterocycles. The number of H-pyrrole nitrogens is 1. The SMILES string of the molecule is O=C(CCc1nc2ccccc2[nH]c1=O)N1CCC[C@H](Cn2ccnc2)C1. The Morgan fingerprint density at radius 3 is 3.04 bits per heavy atom. The molecule has 4 rings (SSSR count). The highest BCUT2D eigenvalue weighted by Gasteiger charge is 2.24. The van der Waals surface area contributed by atoms with Gasteiger partial charge in [-0.25, -0.2) is 9.97 Å². The molecule has 140 valence electrons. The molecule has 27 heavy (non-hydrogen) atoms. The number of aromatic nitrogens is 4. The topological polar surface area (TPSA) is 83.9 Å². The average molecular weight is 365 g/mol. The second kappa shape index (κ2) is 7.73. The van der Waals surface area contributed by atoms with E-state index in [1.54, 1.807) is 6.20 Å². The number of aromatic amines is 1. The number of para-hydroxylation sites is 2. The second-order valence-corrected chi connectivity index (χ2v) is 7.14. The molecule has 0 saturated carbocycles. The van der Waals surface area contributed by atoms with Crippen LogP contribution < -0.4 is 5.56 Å². The third-order valence-electron chi connectivity index (χ3n) is 5.15. The van der Waals surface area contributed by atoms with Crippen LogP contribution in [0.3, 0.4) is 0 Å². The van der Waals surface area contributed by atoms with E-state index in [-0.39, 0.29) is 11.5 Å². The second-order valence-electron chi connectivity index (χ2n) is 7.14. The first-order chi connectivity index (χ1) is 13.2. The Kier molecular flexibility index (Phi) is 5.00. The zero-order valence-electron chi connectivity index (χ0n) is 15.2. The van der Waals surface area contributed by atoms with E-state index in [1.807, 2.05) is 41.7 Å². The van der Waals surface area contributed by atoms with Gasteiger partial charge in [-0.1, -0.05) is 12.1 Å². The van der Waals surface area contributed by atoms with Crippen molar-refractivity contribution in [2.24, 2.45) is 5.92 Å². The minimum atomic E-state index is -0.210. The number of carbonyl (C=O) groups is 1. The lowest BCUT2D eigenvalue weighted by Crippen LogP contribution is -2.41. The number of hydrogen-bond acceptors (Lipinski definition) is 4. The quantitative estimate of drug-likeness (QED) is 0.749. The van der Waals surface area contributed by atoms with Crippen molar-refractivity contribution >= 4 is 16.9 Å². The van der Waals surface area contributed by atoms with Crippen molar-refractivity contribution in [1.82, 2.24) is 24.4 Å². The molecule has 7 nitrogen and oxygen atoms in total. The first kappa shape index (κ1) is 17.5. The van der Waals surface area contributed by atoms with Gasteiger partial charge >= 0.3 is 0 Å². The van der Waals surface area contributed by atoms with Crippen molar-refractivity contribution in [1.29, 1.82) is 0 Å². The number of benzene rings is 1. The number of carbonyl (C=O) groups excluding carboxylic acids is 1. The van der Waals surface area contributed by atoms with Crippen LogP contribution in [0.2, 0.25) is 0 Å². The van der Waals surface area contributed by atoms with Crippen molar-refractivity contribution < 1.29 is 4.79 Å². The smallest absolute Gasteiger partial charge is 0.270 e. The van der Waals surface area contributed by atoms with Gasteiger partial charge in [0.25, 0.3) is 5.56 Å². The van der Waals surface area contributed by atoms with E-state index in [4.69, 9.17) is 0 Å². The Hall–Kier alpha value is -2.96. The van der Waals surface area contributed by atoms with E-state index in [2.05, 4.69) is 19.5 Å². The van der Waals surface area contributed by atoms with Gasteiger partial charge in [-0.3, -0.25) is 9.59 Å². The van der Waals surface area contributed by atoms with Gasteiger partial charge in [0.05, 0.1) is 17.4 Å². The molecule has 0 aliphatic carbocycles. The van der Waals surface area contributed by atoms with Gasteiger partial charge in [0.2, 0.25) is 5.91 Å². The number of likely N-dealkylation sites (tertiary alicyclic amines) is 1. The number of aryl methyl sites for hydroxylation is 1. The minimum absolute atomic E-state index is 0.0969. The maximum Gasteiger partial charge on any atom is 0.270 e. The minimum Gasteiger partial charge on any atom is -0.342 e. The van der Waals surface area contributed by atoms with Crippen LogP contribution in [-0.4, -0.2) is 43.4 Å². The van der Waals surface area contributed by atoms with Gasteiger partial charge in [0, 0.05) is 44.9 Å². The summed E-state index contributed by atoms with van der Waals surface area (Å²) in [5, 5.41) is 0. The molecule has 0 bridgehead atoms. The van der Waals surface area contributed by atoms with Crippen molar-refractivity contribution in [2.75, 3.05) is 13.1 Å². The normalized spacial score (nSPS) is 17.3. The molecule has 1 atom stereocenters. The number of nitrogens with one attached hydrogen (secondary N) is 1. The lowest BCUT2D eigenvalue weighted by atomic mass is 9.97. The number of amides is 1. The Labute approximate surface area is 157 Å². The number of fused-ring (bicyclic) bond motifs is 1. The highest BCUT2D eigenvalue weighted by Crippen LogP contribution is 2.19. The summed E-state index contributed by atoms with van der Waals surface area (Å²) in [6, 6.07) is 7.44. The summed E-state index contributed by atoms with van der Waals surface area (Å²) in [6.07, 6.45) is 8.36. The van der Waals surface area contributed by atoms with Crippen LogP contribution >= 0.6 is 0 Å². The van der Waals surface area contributed by atoms with Crippen LogP contribution in [0.25, 0.3) is 11.0 Å². The predicted molar refractivity (Wildman–Crippen MR) is 102 cm³/mol. The first-order valence-electron chi connectivity index (χ1n) is 9.40. The van der Waals surface area contributed by atoms with Crippen LogP contribution in [0, 0.1) is 5.92 Å². The van der Waals surface area contributed by atoms with Crippen LogP contribution in [0.5, 0.6) is 0 Å². The molecule has 2 aromatic heterocycles. The molecule has 3 aromatic rings. The molecular formula is C20H23N5O2. The number of piperidine rings is 1. The Morgan fingerprint density at radius 1 is 1.30 bits per heavy atom. The zero-order chi connectivity index (χ0) is 18.6. The molecule has 0 spiro atoms. The van der Waals surface area contributed by atoms with Gasteiger partial charge in [0.1, 0.15) is 5.69 Å². The molecule has 1 N–H and O–H groups in total. The standard InChI is InChI=1S/C20H23N5O2/c26-19(25-10-3-4-15(13-25)12-24-11-9-21-14-24)8-7-18-20(27)23-17-6-2-1-5-16(17)22-18/h1-2,5-6,9,11,14-15H,3-4,7-8,10,12-13H2,(H,23,27)/t15-/m1/s1. The summed E-state index contributed by atoms with van der Waals surface area (Å²) < 4.78 is 2.07. The summed E-state index contributed by atoms with van der Waals surface area (Å²) in [5.41, 5.74) is 1.68. The summed E-state index contributed by atoms with van der Waals surface area (Å²) >= 11 is 0. The Bertz CT molecular complexity index is 979. The maximum absolute atomic E-state index is 12.7. The summed E-state index contributed by atoms with van der Waals surface area (Å²) in [4.78, 5) is 38.1. The molecule has 1 aliphatic rings. The van der Waals surface area contributed by atoms with Gasteiger partial charge in [-0.2, -0.15) is 0 Å². The Morgan fingerprint density at radius 2 is 2.19 bits per heavy atom. The number of rotatable bonds is 5. The lowest BCUT2D eigenvalue weighted by Gasteiger charge is -2.33. The van der Waals surface area contributed by atoms with Crippen LogP contribution in [0.4, 0.5) is 0 Å². The van der Waals surface area contributed by atoms with E-state index in [9.17, 15) is 9.59 Å². The molecule has 1 aromatic carbocycles. The summed E-state index contributed by atoms with van der Waals surface area (Å²) in [6.45, 7) is 2.44. The van der Waals surface area contributed by atoms with Crippen LogP contribution in [0.1, 0.15) is 25.0 Å². The molecule has 0 radical (unpaired) electrons.